The molecule has 0 N–H and O–H groups in total. The third-order valence-corrected chi connectivity index (χ3v) is 0. The van der Waals surface area contributed by atoms with Crippen LogP contribution in [0.15, 0.2) is 0 Å². The summed E-state index contributed by atoms with van der Waals surface area (Å²) in [7, 11) is 0. The van der Waals surface area contributed by atoms with Crippen molar-refractivity contribution in [2.24, 2.45) is 0 Å². The standard InChI is InChI=1S/Hf.Ta.Ti.W.Zr. The molecule has 0 fully saturated rings. The topological polar surface area (TPSA) is 0 Å². The molecule has 0 nitrogen and oxygen atoms in total. The second kappa shape index (κ2) is 24.7. The van der Waals surface area contributed by atoms with E-state index in [2.05, 4.69) is 0 Å². The molecular weight excluding hydrogens is 682 g/mol. The van der Waals surface area contributed by atoms with Crippen molar-refractivity contribution < 1.29 is 117 Å². The molecule has 0 saturated heterocycles. The van der Waals surface area contributed by atoms with Crippen molar-refractivity contribution in [2.75, 3.05) is 0 Å². The van der Waals surface area contributed by atoms with Gasteiger partial charge in [0, 0.05) is 117 Å². The fourth-order valence-corrected chi connectivity index (χ4v) is 0. The number of rotatable bonds is 0. The van der Waals surface area contributed by atoms with Gasteiger partial charge in [-0.05, 0) is 0 Å². The molecule has 0 aliphatic rings. The Morgan fingerprint density at radius 3 is 1.00 bits per heavy atom. The monoisotopic (exact) mass is 683 g/mol. The summed E-state index contributed by atoms with van der Waals surface area (Å²) in [5.41, 5.74) is 0. The van der Waals surface area contributed by atoms with E-state index >= 15 is 0 Å². The van der Waals surface area contributed by atoms with Crippen molar-refractivity contribution in [1.29, 1.82) is 0 Å². The van der Waals surface area contributed by atoms with Crippen LogP contribution in [0.2, 0.25) is 0 Å². The first-order valence-electron chi connectivity index (χ1n) is 0. The summed E-state index contributed by atoms with van der Waals surface area (Å²) < 4.78 is 0. The third-order valence-electron chi connectivity index (χ3n) is 0. The summed E-state index contributed by atoms with van der Waals surface area (Å²) in [6, 6.07) is 0. The van der Waals surface area contributed by atoms with E-state index in [0.29, 0.717) is 0 Å². The van der Waals surface area contributed by atoms with Crippen LogP contribution in [0.1, 0.15) is 0 Å². The van der Waals surface area contributed by atoms with Gasteiger partial charge in [-0.25, -0.2) is 0 Å². The Kier molecular flexibility index (Phi) is 181. The van der Waals surface area contributed by atoms with Crippen LogP contribution in [-0.2, 0) is 117 Å². The first kappa shape index (κ1) is 36.5. The minimum Gasteiger partial charge on any atom is 0 e. The molecule has 0 spiro atoms. The van der Waals surface area contributed by atoms with Gasteiger partial charge in [0.15, 0.2) is 0 Å². The molecule has 1 radical (unpaired) electrons. The van der Waals surface area contributed by atoms with Crippen LogP contribution in [0.5, 0.6) is 0 Å². The first-order chi connectivity index (χ1) is 0. The zero-order valence-electron chi connectivity index (χ0n) is 2.36. The molecule has 0 bridgehead atoms. The molecule has 0 rings (SSSR count). The second-order valence-corrected chi connectivity index (χ2v) is 0. The van der Waals surface area contributed by atoms with Crippen molar-refractivity contribution >= 4 is 0 Å². The van der Waals surface area contributed by atoms with Crippen LogP contribution >= 0.6 is 0 Å². The van der Waals surface area contributed by atoms with Gasteiger partial charge in [0.2, 0.25) is 0 Å². The van der Waals surface area contributed by atoms with Gasteiger partial charge in [-0.15, -0.1) is 0 Å². The van der Waals surface area contributed by atoms with E-state index in [1.54, 1.807) is 0 Å². The van der Waals surface area contributed by atoms with Gasteiger partial charge in [0.25, 0.3) is 0 Å². The van der Waals surface area contributed by atoms with E-state index in [9.17, 15) is 0 Å². The smallest absolute Gasteiger partial charge is 0 e. The Hall–Kier alpha value is 3.90. The summed E-state index contributed by atoms with van der Waals surface area (Å²) >= 11 is 0. The van der Waals surface area contributed by atoms with Crippen molar-refractivity contribution in [1.82, 2.24) is 0 Å². The van der Waals surface area contributed by atoms with E-state index in [0.717, 1.165) is 0 Å². The third kappa shape index (κ3) is 18.1. The van der Waals surface area contributed by atoms with Gasteiger partial charge in [0.1, 0.15) is 0 Å². The van der Waals surface area contributed by atoms with Crippen molar-refractivity contribution in [3.8, 4) is 0 Å². The summed E-state index contributed by atoms with van der Waals surface area (Å²) in [5.74, 6) is 0. The van der Waals surface area contributed by atoms with Crippen LogP contribution < -0.4 is 0 Å². The zero-order valence-corrected chi connectivity index (χ0v) is 16.1. The van der Waals surface area contributed by atoms with Gasteiger partial charge in [-0.3, -0.25) is 0 Å². The van der Waals surface area contributed by atoms with E-state index in [-0.39, 0.29) is 117 Å². The molecule has 0 aromatic rings. The number of hydrogen-bond donors (Lipinski definition) is 0. The van der Waals surface area contributed by atoms with Crippen LogP contribution in [0.3, 0.4) is 0 Å². The predicted molar refractivity (Wildman–Crippen MR) is 0 cm³/mol. The largest absolute Gasteiger partial charge is 0 e. The summed E-state index contributed by atoms with van der Waals surface area (Å²) in [6.07, 6.45) is 0. The molecule has 0 aromatic heterocycles. The molecular formula is HfTaTiWZr. The van der Waals surface area contributed by atoms with Gasteiger partial charge in [-0.2, -0.15) is 0 Å². The Morgan fingerprint density at radius 2 is 1.00 bits per heavy atom. The van der Waals surface area contributed by atoms with Crippen LogP contribution in [-0.4, -0.2) is 0 Å². The Balaban J connectivity index is 0. The summed E-state index contributed by atoms with van der Waals surface area (Å²) in [6.45, 7) is 0. The molecule has 0 atom stereocenters. The molecule has 0 unspecified atom stereocenters. The molecule has 0 heterocycles. The van der Waals surface area contributed by atoms with Gasteiger partial charge in [-0.1, -0.05) is 0 Å². The average molecular weight is 682 g/mol. The van der Waals surface area contributed by atoms with E-state index in [4.69, 9.17) is 0 Å². The predicted octanol–water partition coefficient (Wildman–Crippen LogP) is -0.0125. The van der Waals surface area contributed by atoms with Crippen LogP contribution in [0.25, 0.3) is 0 Å². The molecule has 5 heavy (non-hydrogen) atoms. The van der Waals surface area contributed by atoms with Gasteiger partial charge >= 0.3 is 0 Å². The molecule has 23 valence electrons. The molecule has 0 aromatic carbocycles. The zero-order chi connectivity index (χ0) is 0. The van der Waals surface area contributed by atoms with Gasteiger partial charge in [0.05, 0.1) is 0 Å². The summed E-state index contributed by atoms with van der Waals surface area (Å²) in [5, 5.41) is 0. The van der Waals surface area contributed by atoms with Crippen molar-refractivity contribution in [2.45, 2.75) is 0 Å². The van der Waals surface area contributed by atoms with Crippen molar-refractivity contribution in [3.63, 3.8) is 0 Å². The molecule has 5 heteroatoms. The van der Waals surface area contributed by atoms with Crippen LogP contribution in [0, 0.1) is 0 Å². The van der Waals surface area contributed by atoms with Gasteiger partial charge < -0.3 is 0 Å². The minimum absolute atomic E-state index is 0. The van der Waals surface area contributed by atoms with Crippen LogP contribution in [0.4, 0.5) is 0 Å². The van der Waals surface area contributed by atoms with Crippen molar-refractivity contribution in [3.05, 3.63) is 0 Å². The maximum absolute atomic E-state index is 0. The quantitative estimate of drug-likeness (QED) is 0.316. The molecule has 0 aliphatic heterocycles. The fourth-order valence-electron chi connectivity index (χ4n) is 0. The maximum Gasteiger partial charge on any atom is 0 e. The first-order valence-corrected chi connectivity index (χ1v) is 0. The van der Waals surface area contributed by atoms with E-state index < -0.39 is 0 Å². The maximum atomic E-state index is 0. The summed E-state index contributed by atoms with van der Waals surface area (Å²) in [4.78, 5) is 0. The molecule has 0 saturated carbocycles. The fraction of sp³-hybridized carbons (Fsp3) is 0. The second-order valence-electron chi connectivity index (χ2n) is 0. The molecule has 0 amide bonds. The van der Waals surface area contributed by atoms with E-state index in [1.165, 1.54) is 0 Å². The van der Waals surface area contributed by atoms with E-state index in [1.807, 2.05) is 0 Å². The molecule has 0 aliphatic carbocycles. The minimum atomic E-state index is 0. The Labute approximate surface area is 115 Å². The number of hydrogen-bond acceptors (Lipinski definition) is 0. The Bertz CT molecular complexity index is 11.6. The Morgan fingerprint density at radius 1 is 1.00 bits per heavy atom. The average Bonchev–Trinajstić information content (AvgIpc) is 0. The SMILES string of the molecule is [Hf].[Ta].[Ti].[W].[Zr]. The normalized spacial score (nSPS) is 0.